The molecule has 102 valence electrons. The van der Waals surface area contributed by atoms with E-state index in [-0.39, 0.29) is 5.41 Å². The minimum absolute atomic E-state index is 0.0459. The van der Waals surface area contributed by atoms with Gasteiger partial charge in [-0.3, -0.25) is 0 Å². The highest BCUT2D eigenvalue weighted by Crippen LogP contribution is 2.35. The Morgan fingerprint density at radius 1 is 1.26 bits per heavy atom. The third-order valence-electron chi connectivity index (χ3n) is 2.81. The molecule has 0 amide bonds. The Hall–Kier alpha value is -1.13. The molecular weight excluding hydrogens is 278 g/mol. The summed E-state index contributed by atoms with van der Waals surface area (Å²) in [6.45, 7) is 9.15. The summed E-state index contributed by atoms with van der Waals surface area (Å²) in [7, 11) is 0. The molecule has 0 bridgehead atoms. The molecule has 0 atom stereocenters. The summed E-state index contributed by atoms with van der Waals surface area (Å²) in [5.74, 6) is 0. The van der Waals surface area contributed by atoms with E-state index >= 15 is 0 Å². The van der Waals surface area contributed by atoms with Crippen molar-refractivity contribution in [3.05, 3.63) is 38.8 Å². The number of aromatic nitrogens is 2. The van der Waals surface area contributed by atoms with E-state index in [0.717, 1.165) is 20.7 Å². The first-order valence-electron chi connectivity index (χ1n) is 6.20. The molecule has 1 aromatic carbocycles. The van der Waals surface area contributed by atoms with Crippen LogP contribution in [-0.4, -0.2) is 10.2 Å². The van der Waals surface area contributed by atoms with Crippen LogP contribution in [0.5, 0.6) is 0 Å². The molecule has 3 nitrogen and oxygen atoms in total. The first-order chi connectivity index (χ1) is 8.88. The van der Waals surface area contributed by atoms with Crippen LogP contribution in [0.2, 0.25) is 5.02 Å². The van der Waals surface area contributed by atoms with Gasteiger partial charge in [0.15, 0.2) is 0 Å². The molecule has 0 aliphatic heterocycles. The summed E-state index contributed by atoms with van der Waals surface area (Å²) in [4.78, 5) is 0. The minimum Gasteiger partial charge on any atom is -0.377 e. The number of rotatable bonds is 3. The Bertz CT molecular complexity index is 572. The summed E-state index contributed by atoms with van der Waals surface area (Å²) in [6.07, 6.45) is 0. The van der Waals surface area contributed by atoms with Crippen LogP contribution < -0.4 is 5.32 Å². The number of para-hydroxylation sites is 1. The van der Waals surface area contributed by atoms with E-state index in [9.17, 15) is 0 Å². The van der Waals surface area contributed by atoms with E-state index in [2.05, 4.69) is 42.4 Å². The molecule has 2 aromatic rings. The van der Waals surface area contributed by atoms with Gasteiger partial charge in [0.05, 0.1) is 17.3 Å². The molecule has 0 aliphatic rings. The smallest absolute Gasteiger partial charge is 0.136 e. The highest BCUT2D eigenvalue weighted by molar-refractivity contribution is 7.11. The van der Waals surface area contributed by atoms with Crippen LogP contribution in [0.1, 0.15) is 36.3 Å². The first kappa shape index (κ1) is 14.3. The van der Waals surface area contributed by atoms with Gasteiger partial charge in [0.2, 0.25) is 0 Å². The Morgan fingerprint density at radius 3 is 2.58 bits per heavy atom. The van der Waals surface area contributed by atoms with Gasteiger partial charge in [0, 0.05) is 0 Å². The zero-order valence-corrected chi connectivity index (χ0v) is 13.2. The van der Waals surface area contributed by atoms with Crippen molar-refractivity contribution in [1.82, 2.24) is 10.2 Å². The standard InChI is InChI=1S/C14H18ClN3S/c1-9-17-18-12(19-9)8-16-13-10(14(2,3)4)6-5-7-11(13)15/h5-7,16H,8H2,1-4H3. The van der Waals surface area contributed by atoms with Gasteiger partial charge in [0.25, 0.3) is 0 Å². The van der Waals surface area contributed by atoms with E-state index in [4.69, 9.17) is 11.6 Å². The van der Waals surface area contributed by atoms with Crippen LogP contribution in [0, 0.1) is 6.92 Å². The van der Waals surface area contributed by atoms with Crippen LogP contribution in [0.15, 0.2) is 18.2 Å². The lowest BCUT2D eigenvalue weighted by atomic mass is 9.86. The van der Waals surface area contributed by atoms with Crippen LogP contribution in [0.4, 0.5) is 5.69 Å². The molecule has 0 saturated carbocycles. The molecular formula is C14H18ClN3S. The van der Waals surface area contributed by atoms with Crippen molar-refractivity contribution in [2.24, 2.45) is 0 Å². The van der Waals surface area contributed by atoms with Gasteiger partial charge in [-0.1, -0.05) is 55.8 Å². The Kier molecular flexibility index (Phi) is 4.11. The van der Waals surface area contributed by atoms with Gasteiger partial charge in [-0.15, -0.1) is 10.2 Å². The molecule has 0 radical (unpaired) electrons. The van der Waals surface area contributed by atoms with Gasteiger partial charge in [-0.05, 0) is 24.0 Å². The molecule has 1 N–H and O–H groups in total. The fourth-order valence-electron chi connectivity index (χ4n) is 1.90. The van der Waals surface area contributed by atoms with Crippen molar-refractivity contribution in [2.45, 2.75) is 39.7 Å². The minimum atomic E-state index is 0.0459. The fourth-order valence-corrected chi connectivity index (χ4v) is 2.79. The third kappa shape index (κ3) is 3.45. The van der Waals surface area contributed by atoms with Crippen molar-refractivity contribution in [3.8, 4) is 0 Å². The lowest BCUT2D eigenvalue weighted by Crippen LogP contribution is -2.15. The van der Waals surface area contributed by atoms with Crippen LogP contribution in [-0.2, 0) is 12.0 Å². The van der Waals surface area contributed by atoms with Crippen molar-refractivity contribution < 1.29 is 0 Å². The van der Waals surface area contributed by atoms with Gasteiger partial charge < -0.3 is 5.32 Å². The average Bonchev–Trinajstić information content (AvgIpc) is 2.72. The second-order valence-corrected chi connectivity index (χ2v) is 7.15. The molecule has 0 aliphatic carbocycles. The monoisotopic (exact) mass is 295 g/mol. The maximum atomic E-state index is 6.31. The Morgan fingerprint density at radius 2 is 2.00 bits per heavy atom. The van der Waals surface area contributed by atoms with Gasteiger partial charge in [-0.25, -0.2) is 0 Å². The summed E-state index contributed by atoms with van der Waals surface area (Å²) >= 11 is 7.91. The molecule has 0 saturated heterocycles. The van der Waals surface area contributed by atoms with E-state index in [1.54, 1.807) is 11.3 Å². The van der Waals surface area contributed by atoms with Crippen molar-refractivity contribution in [2.75, 3.05) is 5.32 Å². The quantitative estimate of drug-likeness (QED) is 0.911. The molecule has 5 heteroatoms. The Balaban J connectivity index is 2.24. The highest BCUT2D eigenvalue weighted by Gasteiger charge is 2.19. The molecule has 19 heavy (non-hydrogen) atoms. The number of anilines is 1. The van der Waals surface area contributed by atoms with Gasteiger partial charge in [0.1, 0.15) is 10.0 Å². The van der Waals surface area contributed by atoms with E-state index in [1.165, 1.54) is 5.56 Å². The molecule has 0 spiro atoms. The number of aryl methyl sites for hydroxylation is 1. The van der Waals surface area contributed by atoms with E-state index < -0.39 is 0 Å². The SMILES string of the molecule is Cc1nnc(CNc2c(Cl)cccc2C(C)(C)C)s1. The molecule has 2 rings (SSSR count). The fraction of sp³-hybridized carbons (Fsp3) is 0.429. The molecule has 0 fully saturated rings. The first-order valence-corrected chi connectivity index (χ1v) is 7.39. The maximum absolute atomic E-state index is 6.31. The highest BCUT2D eigenvalue weighted by atomic mass is 35.5. The predicted octanol–water partition coefficient (Wildman–Crippen LogP) is 4.41. The normalized spacial score (nSPS) is 11.6. The number of hydrogen-bond acceptors (Lipinski definition) is 4. The van der Waals surface area contributed by atoms with Crippen molar-refractivity contribution in [3.63, 3.8) is 0 Å². The second-order valence-electron chi connectivity index (χ2n) is 5.48. The van der Waals surface area contributed by atoms with Gasteiger partial charge in [-0.2, -0.15) is 0 Å². The van der Waals surface area contributed by atoms with Crippen molar-refractivity contribution >= 4 is 28.6 Å². The lowest BCUT2D eigenvalue weighted by Gasteiger charge is -2.24. The zero-order valence-electron chi connectivity index (χ0n) is 11.6. The summed E-state index contributed by atoms with van der Waals surface area (Å²) in [6, 6.07) is 6.01. The van der Waals surface area contributed by atoms with E-state index in [1.807, 2.05) is 19.1 Å². The summed E-state index contributed by atoms with van der Waals surface area (Å²) < 4.78 is 0. The second kappa shape index (κ2) is 5.47. The topological polar surface area (TPSA) is 37.8 Å². The molecule has 1 heterocycles. The molecule has 1 aromatic heterocycles. The number of nitrogens with zero attached hydrogens (tertiary/aromatic N) is 2. The van der Waals surface area contributed by atoms with Crippen LogP contribution >= 0.6 is 22.9 Å². The number of nitrogens with one attached hydrogen (secondary N) is 1. The Labute approximate surface area is 123 Å². The average molecular weight is 296 g/mol. The maximum Gasteiger partial charge on any atom is 0.136 e. The van der Waals surface area contributed by atoms with E-state index in [0.29, 0.717) is 6.54 Å². The third-order valence-corrected chi connectivity index (χ3v) is 3.96. The molecule has 0 unspecified atom stereocenters. The zero-order chi connectivity index (χ0) is 14.0. The lowest BCUT2D eigenvalue weighted by molar-refractivity contribution is 0.591. The summed E-state index contributed by atoms with van der Waals surface area (Å²) in [5, 5.41) is 14.2. The number of hydrogen-bond donors (Lipinski definition) is 1. The van der Waals surface area contributed by atoms with Gasteiger partial charge >= 0.3 is 0 Å². The number of halogens is 1. The largest absolute Gasteiger partial charge is 0.377 e. The van der Waals surface area contributed by atoms with Crippen LogP contribution in [0.25, 0.3) is 0 Å². The summed E-state index contributed by atoms with van der Waals surface area (Å²) in [5.41, 5.74) is 2.25. The van der Waals surface area contributed by atoms with Crippen molar-refractivity contribution in [1.29, 1.82) is 0 Å². The predicted molar refractivity (Wildman–Crippen MR) is 82.1 cm³/mol. The number of benzene rings is 1. The van der Waals surface area contributed by atoms with Crippen LogP contribution in [0.3, 0.4) is 0 Å².